The first kappa shape index (κ1) is 34.5. The lowest BCUT2D eigenvalue weighted by atomic mass is 9.93. The molecule has 1 unspecified atom stereocenters. The minimum atomic E-state index is -2.26. The number of imide groups is 1. The molecule has 0 radical (unpaired) electrons. The van der Waals surface area contributed by atoms with Crippen molar-refractivity contribution in [3.63, 3.8) is 0 Å². The predicted molar refractivity (Wildman–Crippen MR) is 168 cm³/mol. The number of tetrazole rings is 1. The Hall–Kier alpha value is -5.84. The highest BCUT2D eigenvalue weighted by Crippen LogP contribution is 2.46. The standard InChI is InChI=1S/C26H27N11O10S2/c1-3-34-6-7-35(21(43)20(34)42)25(47)29-15(11-4-5-13(39)14(40)8-11)19(41)30-26(28-10-38)23(46)36-16(22(44)45)12(9-49-24(26)36)17(48)18-31-32-33-37(18)27-2/h4-5,8,10,15,24,27,39-40H,3,6-7,9H2,1-2H3,(H,28,38)(H,29,47)(H,30,41)(H,44,45)/t15?,24-,26+/m0/s1. The Balaban J connectivity index is 1.47. The largest absolute Gasteiger partial charge is 0.504 e. The molecule has 0 saturated carbocycles. The number of thiocarbonyl (C=S) groups is 1. The van der Waals surface area contributed by atoms with Gasteiger partial charge in [-0.05, 0) is 35.0 Å². The number of β-lactam (4-membered cyclic amide) rings is 1. The minimum Gasteiger partial charge on any atom is -0.504 e. The zero-order valence-electron chi connectivity index (χ0n) is 25.4. The highest BCUT2D eigenvalue weighted by atomic mass is 32.2. The van der Waals surface area contributed by atoms with Crippen LogP contribution in [0.4, 0.5) is 4.79 Å². The van der Waals surface area contributed by atoms with Crippen LogP contribution in [-0.2, 0) is 28.8 Å². The summed E-state index contributed by atoms with van der Waals surface area (Å²) >= 11 is 6.39. The Morgan fingerprint density at radius 3 is 2.53 bits per heavy atom. The van der Waals surface area contributed by atoms with Gasteiger partial charge in [0.25, 0.3) is 5.91 Å². The van der Waals surface area contributed by atoms with Crippen LogP contribution >= 0.6 is 24.0 Å². The molecule has 2 fully saturated rings. The van der Waals surface area contributed by atoms with E-state index in [1.165, 1.54) is 11.9 Å². The van der Waals surface area contributed by atoms with Crippen molar-refractivity contribution >= 4 is 70.9 Å². The number of aromatic hydroxyl groups is 2. The molecule has 7 amide bonds. The fourth-order valence-corrected chi connectivity index (χ4v) is 7.20. The number of hydrogen-bond donors (Lipinski definition) is 7. The van der Waals surface area contributed by atoms with Crippen molar-refractivity contribution in [3.05, 3.63) is 40.9 Å². The lowest BCUT2D eigenvalue weighted by molar-refractivity contribution is -0.162. The van der Waals surface area contributed by atoms with E-state index in [-0.39, 0.29) is 53.6 Å². The number of phenolic OH excluding ortho intramolecular Hbond substituents is 2. The van der Waals surface area contributed by atoms with Gasteiger partial charge in [0.15, 0.2) is 11.5 Å². The van der Waals surface area contributed by atoms with E-state index >= 15 is 0 Å². The van der Waals surface area contributed by atoms with Crippen LogP contribution < -0.4 is 21.4 Å². The third kappa shape index (κ3) is 5.81. The van der Waals surface area contributed by atoms with Gasteiger partial charge in [-0.1, -0.05) is 18.3 Å². The molecule has 23 heteroatoms. The number of fused-ring (bicyclic) bond motifs is 1. The summed E-state index contributed by atoms with van der Waals surface area (Å²) in [6.07, 6.45) is 0.110. The molecular formula is C26H27N11O10S2. The zero-order valence-corrected chi connectivity index (χ0v) is 27.1. The molecule has 0 spiro atoms. The van der Waals surface area contributed by atoms with Crippen molar-refractivity contribution < 1.29 is 48.9 Å². The lowest BCUT2D eigenvalue weighted by Crippen LogP contribution is -2.85. The molecule has 7 N–H and O–H groups in total. The SMILES string of the molecule is CCN1CCN(C(=O)NC(C(=O)N[C@]2(NC=O)C(=O)N3C(C(=O)O)=C(C(=S)c4nnnn4NC)CS[C@H]32)c2ccc(O)c(O)c2)C(=O)C1=O. The Bertz CT molecular complexity index is 1830. The van der Waals surface area contributed by atoms with Crippen molar-refractivity contribution in [1.29, 1.82) is 0 Å². The number of benzene rings is 1. The van der Waals surface area contributed by atoms with Crippen molar-refractivity contribution in [2.24, 2.45) is 0 Å². The second-order valence-electron chi connectivity index (χ2n) is 10.5. The highest BCUT2D eigenvalue weighted by molar-refractivity contribution is 8.00. The number of nitrogens with one attached hydrogen (secondary N) is 4. The van der Waals surface area contributed by atoms with Gasteiger partial charge in [-0.25, -0.2) is 9.59 Å². The fraction of sp³-hybridized carbons (Fsp3) is 0.346. The number of urea groups is 1. The van der Waals surface area contributed by atoms with Gasteiger partial charge in [0.2, 0.25) is 23.8 Å². The number of carbonyl (C=O) groups excluding carboxylic acids is 6. The summed E-state index contributed by atoms with van der Waals surface area (Å²) in [5.74, 6) is -7.34. The number of rotatable bonds is 11. The van der Waals surface area contributed by atoms with E-state index in [1.807, 2.05) is 0 Å². The van der Waals surface area contributed by atoms with Crippen LogP contribution in [-0.4, -0.2) is 141 Å². The molecule has 0 bridgehead atoms. The third-order valence-electron chi connectivity index (χ3n) is 7.84. The van der Waals surface area contributed by atoms with E-state index < -0.39 is 69.9 Å². The van der Waals surface area contributed by atoms with Crippen LogP contribution in [0.5, 0.6) is 11.5 Å². The summed E-state index contributed by atoms with van der Waals surface area (Å²) in [6.45, 7) is 1.68. The van der Waals surface area contributed by atoms with E-state index in [9.17, 15) is 48.9 Å². The zero-order chi connectivity index (χ0) is 35.8. The van der Waals surface area contributed by atoms with Gasteiger partial charge >= 0.3 is 23.8 Å². The molecule has 258 valence electrons. The van der Waals surface area contributed by atoms with Crippen LogP contribution in [0, 0.1) is 0 Å². The van der Waals surface area contributed by atoms with Crippen LogP contribution in [0.25, 0.3) is 0 Å². The number of carboxylic acids is 1. The molecule has 5 rings (SSSR count). The van der Waals surface area contributed by atoms with Gasteiger partial charge < -0.3 is 41.6 Å². The number of amides is 7. The maximum Gasteiger partial charge on any atom is 0.353 e. The number of phenols is 2. The van der Waals surface area contributed by atoms with Crippen molar-refractivity contribution in [1.82, 2.24) is 51.0 Å². The van der Waals surface area contributed by atoms with Crippen molar-refractivity contribution in [3.8, 4) is 11.5 Å². The molecule has 1 aromatic carbocycles. The summed E-state index contributed by atoms with van der Waals surface area (Å²) in [5, 5.41) is 46.8. The van der Waals surface area contributed by atoms with Gasteiger partial charge in [0.1, 0.15) is 17.1 Å². The van der Waals surface area contributed by atoms with E-state index in [1.54, 1.807) is 6.92 Å². The Labute approximate surface area is 284 Å². The first-order valence-electron chi connectivity index (χ1n) is 14.2. The van der Waals surface area contributed by atoms with Gasteiger partial charge in [-0.15, -0.1) is 21.7 Å². The Morgan fingerprint density at radius 2 is 1.90 bits per heavy atom. The maximum atomic E-state index is 14.0. The number of likely N-dealkylation sites (N-methyl/N-ethyl adjacent to an activating group) is 1. The Kier molecular flexibility index (Phi) is 9.39. The van der Waals surface area contributed by atoms with E-state index in [0.29, 0.717) is 4.90 Å². The first-order chi connectivity index (χ1) is 23.3. The molecule has 2 aromatic rings. The van der Waals surface area contributed by atoms with Gasteiger partial charge in [0.05, 0.1) is 4.86 Å². The molecule has 3 aliphatic rings. The number of thioether (sulfide) groups is 1. The normalized spacial score (nSPS) is 21.0. The average Bonchev–Trinajstić information content (AvgIpc) is 3.57. The minimum absolute atomic E-state index is 0.00141. The topological polar surface area (TPSA) is 282 Å². The summed E-state index contributed by atoms with van der Waals surface area (Å²) in [6, 6.07) is 0.124. The van der Waals surface area contributed by atoms with Gasteiger partial charge in [0, 0.05) is 38.0 Å². The molecule has 21 nitrogen and oxygen atoms in total. The Morgan fingerprint density at radius 1 is 1.16 bits per heavy atom. The van der Waals surface area contributed by atoms with Crippen molar-refractivity contribution in [2.75, 3.05) is 37.9 Å². The van der Waals surface area contributed by atoms with E-state index in [2.05, 4.69) is 36.9 Å². The third-order valence-corrected chi connectivity index (χ3v) is 9.60. The number of carbonyl (C=O) groups is 7. The molecule has 49 heavy (non-hydrogen) atoms. The quantitative estimate of drug-likeness (QED) is 0.0231. The molecule has 3 atom stereocenters. The number of aliphatic carboxylic acids is 1. The summed E-state index contributed by atoms with van der Waals surface area (Å²) in [7, 11) is 1.49. The van der Waals surface area contributed by atoms with E-state index in [4.69, 9.17) is 12.2 Å². The smallest absolute Gasteiger partial charge is 0.353 e. The van der Waals surface area contributed by atoms with Gasteiger partial charge in [-0.3, -0.25) is 33.8 Å². The van der Waals surface area contributed by atoms with Crippen molar-refractivity contribution in [2.45, 2.75) is 24.0 Å². The maximum absolute atomic E-state index is 14.0. The molecule has 2 saturated heterocycles. The summed E-state index contributed by atoms with van der Waals surface area (Å²) in [4.78, 5) is 94.1. The fourth-order valence-electron chi connectivity index (χ4n) is 5.38. The van der Waals surface area contributed by atoms with Crippen LogP contribution in [0.2, 0.25) is 0 Å². The van der Waals surface area contributed by atoms with E-state index in [0.717, 1.165) is 39.7 Å². The van der Waals surface area contributed by atoms with Crippen LogP contribution in [0.3, 0.4) is 0 Å². The second-order valence-corrected chi connectivity index (χ2v) is 11.9. The predicted octanol–water partition coefficient (Wildman–Crippen LogP) is -3.07. The molecule has 1 aromatic heterocycles. The number of nitrogens with zero attached hydrogens (tertiary/aromatic N) is 7. The summed E-state index contributed by atoms with van der Waals surface area (Å²) < 4.78 is 0. The average molecular weight is 718 g/mol. The second kappa shape index (κ2) is 13.3. The number of carboxylic acid groups (broad SMARTS) is 1. The molecule has 4 heterocycles. The number of aromatic nitrogens is 4. The molecular weight excluding hydrogens is 690 g/mol. The van der Waals surface area contributed by atoms with Crippen LogP contribution in [0.15, 0.2) is 29.5 Å². The highest BCUT2D eigenvalue weighted by Gasteiger charge is 2.66. The van der Waals surface area contributed by atoms with Crippen LogP contribution in [0.1, 0.15) is 24.4 Å². The van der Waals surface area contributed by atoms with Gasteiger partial charge in [-0.2, -0.15) is 0 Å². The lowest BCUT2D eigenvalue weighted by Gasteiger charge is -2.56. The number of hydrogen-bond acceptors (Lipinski definition) is 15. The monoisotopic (exact) mass is 717 g/mol. The first-order valence-corrected chi connectivity index (χ1v) is 15.7. The molecule has 3 aliphatic heterocycles. The summed E-state index contributed by atoms with van der Waals surface area (Å²) in [5.41, 5.74) is -0.306. The number of piperazine rings is 1. The molecule has 0 aliphatic carbocycles.